The number of carbonyl (C=O) groups is 2. The SMILES string of the molecule is Cn1cc(CCNC(=O)N(CC(=O)O)C(C)(C)C)cn1. The lowest BCUT2D eigenvalue weighted by Crippen LogP contribution is -2.52. The van der Waals surface area contributed by atoms with Gasteiger partial charge in [0.25, 0.3) is 0 Å². The Balaban J connectivity index is 2.52. The second-order valence-electron chi connectivity index (χ2n) is 5.65. The molecule has 0 fully saturated rings. The summed E-state index contributed by atoms with van der Waals surface area (Å²) < 4.78 is 1.70. The zero-order valence-corrected chi connectivity index (χ0v) is 12.4. The van der Waals surface area contributed by atoms with Gasteiger partial charge < -0.3 is 15.3 Å². The number of carbonyl (C=O) groups excluding carboxylic acids is 1. The van der Waals surface area contributed by atoms with Crippen LogP contribution in [-0.4, -0.2) is 50.4 Å². The Morgan fingerprint density at radius 3 is 2.55 bits per heavy atom. The third kappa shape index (κ3) is 4.91. The topological polar surface area (TPSA) is 87.5 Å². The van der Waals surface area contributed by atoms with Crippen molar-refractivity contribution in [3.8, 4) is 0 Å². The number of rotatable bonds is 5. The molecule has 7 nitrogen and oxygen atoms in total. The highest BCUT2D eigenvalue weighted by atomic mass is 16.4. The Kier molecular flexibility index (Phi) is 5.12. The number of aryl methyl sites for hydroxylation is 1. The van der Waals surface area contributed by atoms with Crippen molar-refractivity contribution in [3.05, 3.63) is 18.0 Å². The molecule has 0 aliphatic rings. The summed E-state index contributed by atoms with van der Waals surface area (Å²) in [5, 5.41) is 15.7. The van der Waals surface area contributed by atoms with Gasteiger partial charge in [-0.05, 0) is 32.8 Å². The first-order valence-corrected chi connectivity index (χ1v) is 6.45. The number of nitrogens with zero attached hydrogens (tertiary/aromatic N) is 3. The molecule has 0 saturated heterocycles. The molecule has 0 aliphatic carbocycles. The molecular formula is C13H22N4O3. The van der Waals surface area contributed by atoms with Crippen LogP contribution in [0.15, 0.2) is 12.4 Å². The summed E-state index contributed by atoms with van der Waals surface area (Å²) in [7, 11) is 1.83. The maximum atomic E-state index is 12.1. The number of carboxylic acids is 1. The van der Waals surface area contributed by atoms with Gasteiger partial charge in [-0.1, -0.05) is 0 Å². The Bertz CT molecular complexity index is 476. The number of aromatic nitrogens is 2. The van der Waals surface area contributed by atoms with Crippen LogP contribution >= 0.6 is 0 Å². The van der Waals surface area contributed by atoms with Gasteiger partial charge >= 0.3 is 12.0 Å². The molecule has 0 aromatic carbocycles. The lowest BCUT2D eigenvalue weighted by atomic mass is 10.1. The summed E-state index contributed by atoms with van der Waals surface area (Å²) in [6.45, 7) is 5.53. The summed E-state index contributed by atoms with van der Waals surface area (Å²) >= 11 is 0. The molecule has 20 heavy (non-hydrogen) atoms. The van der Waals surface area contributed by atoms with Crippen molar-refractivity contribution in [1.29, 1.82) is 0 Å². The predicted octanol–water partition coefficient (Wildman–Crippen LogP) is 0.857. The lowest BCUT2D eigenvalue weighted by molar-refractivity contribution is -0.138. The molecule has 1 heterocycles. The molecule has 0 saturated carbocycles. The van der Waals surface area contributed by atoms with E-state index < -0.39 is 11.5 Å². The van der Waals surface area contributed by atoms with Crippen LogP contribution in [0.1, 0.15) is 26.3 Å². The minimum Gasteiger partial charge on any atom is -0.480 e. The number of hydrogen-bond acceptors (Lipinski definition) is 3. The van der Waals surface area contributed by atoms with Crippen molar-refractivity contribution in [2.24, 2.45) is 7.05 Å². The van der Waals surface area contributed by atoms with E-state index in [-0.39, 0.29) is 12.6 Å². The molecule has 7 heteroatoms. The fraction of sp³-hybridized carbons (Fsp3) is 0.615. The van der Waals surface area contributed by atoms with Crippen LogP contribution in [-0.2, 0) is 18.3 Å². The van der Waals surface area contributed by atoms with E-state index in [1.54, 1.807) is 31.6 Å². The van der Waals surface area contributed by atoms with E-state index in [2.05, 4.69) is 10.4 Å². The van der Waals surface area contributed by atoms with Gasteiger partial charge in [0.05, 0.1) is 6.20 Å². The fourth-order valence-electron chi connectivity index (χ4n) is 1.76. The van der Waals surface area contributed by atoms with Crippen molar-refractivity contribution in [2.45, 2.75) is 32.7 Å². The highest BCUT2D eigenvalue weighted by Gasteiger charge is 2.28. The molecule has 0 unspecified atom stereocenters. The molecule has 1 aromatic rings. The Morgan fingerprint density at radius 1 is 1.45 bits per heavy atom. The standard InChI is InChI=1S/C13H22N4O3/c1-13(2,3)17(9-11(18)19)12(20)14-6-5-10-7-15-16(4)8-10/h7-8H,5-6,9H2,1-4H3,(H,14,20)(H,18,19). The van der Waals surface area contributed by atoms with Crippen LogP contribution in [0.25, 0.3) is 0 Å². The Hall–Kier alpha value is -2.05. The van der Waals surface area contributed by atoms with Crippen molar-refractivity contribution in [3.63, 3.8) is 0 Å². The van der Waals surface area contributed by atoms with Gasteiger partial charge in [-0.3, -0.25) is 9.48 Å². The highest BCUT2D eigenvalue weighted by Crippen LogP contribution is 2.12. The van der Waals surface area contributed by atoms with Crippen LogP contribution in [0, 0.1) is 0 Å². The Labute approximate surface area is 118 Å². The first kappa shape index (κ1) is 16.0. The number of hydrogen-bond donors (Lipinski definition) is 2. The van der Waals surface area contributed by atoms with Crippen molar-refractivity contribution in [2.75, 3.05) is 13.1 Å². The molecule has 112 valence electrons. The summed E-state index contributed by atoms with van der Waals surface area (Å²) in [4.78, 5) is 24.2. The van der Waals surface area contributed by atoms with E-state index in [0.29, 0.717) is 13.0 Å². The van der Waals surface area contributed by atoms with E-state index in [1.807, 2.05) is 13.2 Å². The van der Waals surface area contributed by atoms with Gasteiger partial charge in [-0.15, -0.1) is 0 Å². The van der Waals surface area contributed by atoms with Crippen molar-refractivity contribution in [1.82, 2.24) is 20.0 Å². The van der Waals surface area contributed by atoms with E-state index in [0.717, 1.165) is 5.56 Å². The smallest absolute Gasteiger partial charge is 0.323 e. The summed E-state index contributed by atoms with van der Waals surface area (Å²) in [6.07, 6.45) is 4.28. The maximum Gasteiger partial charge on any atom is 0.323 e. The Morgan fingerprint density at radius 2 is 2.10 bits per heavy atom. The number of aliphatic carboxylic acids is 1. The summed E-state index contributed by atoms with van der Waals surface area (Å²) in [5.41, 5.74) is 0.477. The quantitative estimate of drug-likeness (QED) is 0.838. The maximum absolute atomic E-state index is 12.1. The van der Waals surface area contributed by atoms with E-state index in [9.17, 15) is 9.59 Å². The number of carboxylic acid groups (broad SMARTS) is 1. The molecule has 0 aliphatic heterocycles. The first-order valence-electron chi connectivity index (χ1n) is 6.45. The van der Waals surface area contributed by atoms with Crippen molar-refractivity contribution < 1.29 is 14.7 Å². The zero-order chi connectivity index (χ0) is 15.3. The van der Waals surface area contributed by atoms with E-state index >= 15 is 0 Å². The summed E-state index contributed by atoms with van der Waals surface area (Å²) in [5.74, 6) is -1.03. The second-order valence-corrected chi connectivity index (χ2v) is 5.65. The minimum absolute atomic E-state index is 0.317. The molecule has 2 amide bonds. The monoisotopic (exact) mass is 282 g/mol. The van der Waals surface area contributed by atoms with Gasteiger partial charge in [-0.25, -0.2) is 4.79 Å². The second kappa shape index (κ2) is 6.40. The number of nitrogens with one attached hydrogen (secondary N) is 1. The van der Waals surface area contributed by atoms with Gasteiger partial charge in [0.1, 0.15) is 6.54 Å². The largest absolute Gasteiger partial charge is 0.480 e. The van der Waals surface area contributed by atoms with Crippen LogP contribution < -0.4 is 5.32 Å². The summed E-state index contributed by atoms with van der Waals surface area (Å²) in [6, 6.07) is -0.371. The van der Waals surface area contributed by atoms with Crippen LogP contribution in [0.3, 0.4) is 0 Å². The normalized spacial score (nSPS) is 11.2. The molecule has 0 radical (unpaired) electrons. The lowest BCUT2D eigenvalue weighted by Gasteiger charge is -2.34. The highest BCUT2D eigenvalue weighted by molar-refractivity contribution is 5.80. The zero-order valence-electron chi connectivity index (χ0n) is 12.4. The van der Waals surface area contributed by atoms with Gasteiger partial charge in [0.2, 0.25) is 0 Å². The molecule has 0 spiro atoms. The minimum atomic E-state index is -1.03. The number of urea groups is 1. The molecule has 1 aromatic heterocycles. The molecule has 2 N–H and O–H groups in total. The van der Waals surface area contributed by atoms with E-state index in [4.69, 9.17) is 5.11 Å². The first-order chi connectivity index (χ1) is 9.20. The van der Waals surface area contributed by atoms with Gasteiger partial charge in [-0.2, -0.15) is 5.10 Å². The predicted molar refractivity (Wildman–Crippen MR) is 74.4 cm³/mol. The average molecular weight is 282 g/mol. The fourth-order valence-corrected chi connectivity index (χ4v) is 1.76. The average Bonchev–Trinajstić information content (AvgIpc) is 2.70. The molecule has 0 atom stereocenters. The van der Waals surface area contributed by atoms with Gasteiger partial charge in [0, 0.05) is 25.3 Å². The van der Waals surface area contributed by atoms with E-state index in [1.165, 1.54) is 4.90 Å². The number of amides is 2. The van der Waals surface area contributed by atoms with Crippen LogP contribution in [0.2, 0.25) is 0 Å². The van der Waals surface area contributed by atoms with Crippen LogP contribution in [0.5, 0.6) is 0 Å². The van der Waals surface area contributed by atoms with Crippen molar-refractivity contribution >= 4 is 12.0 Å². The van der Waals surface area contributed by atoms with Gasteiger partial charge in [0.15, 0.2) is 0 Å². The molecular weight excluding hydrogens is 260 g/mol. The molecule has 1 rings (SSSR count). The third-order valence-corrected chi connectivity index (χ3v) is 2.80. The molecule has 0 bridgehead atoms. The third-order valence-electron chi connectivity index (χ3n) is 2.80. The van der Waals surface area contributed by atoms with Crippen LogP contribution in [0.4, 0.5) is 4.79 Å².